The predicted octanol–water partition coefficient (Wildman–Crippen LogP) is 5.97. The second-order valence-corrected chi connectivity index (χ2v) is 8.16. The molecule has 6 heteroatoms. The van der Waals surface area contributed by atoms with E-state index in [2.05, 4.69) is 35.5 Å². The molecule has 0 saturated heterocycles. The smallest absolute Gasteiger partial charge is 0.297 e. The Labute approximate surface area is 178 Å². The van der Waals surface area contributed by atoms with Gasteiger partial charge in [-0.25, -0.2) is 8.96 Å². The lowest BCUT2D eigenvalue weighted by Crippen LogP contribution is -2.29. The molecule has 4 nitrogen and oxygen atoms in total. The second kappa shape index (κ2) is 7.01. The highest BCUT2D eigenvalue weighted by Crippen LogP contribution is 2.38. The SMILES string of the molecule is Cc1ccc2c(oc3nc(F)cc(F)c32)c1-c1n(-c2ccccc2C(C)C)cc[n+]1C. The molecule has 3 aromatic heterocycles. The highest BCUT2D eigenvalue weighted by atomic mass is 19.1. The summed E-state index contributed by atoms with van der Waals surface area (Å²) < 4.78 is 38.4. The van der Waals surface area contributed by atoms with Crippen molar-refractivity contribution < 1.29 is 17.8 Å². The van der Waals surface area contributed by atoms with Crippen molar-refractivity contribution in [3.05, 3.63) is 77.8 Å². The van der Waals surface area contributed by atoms with Gasteiger partial charge in [-0.05, 0) is 30.5 Å². The number of fused-ring (bicyclic) bond motifs is 3. The Bertz CT molecular complexity index is 1460. The van der Waals surface area contributed by atoms with Gasteiger partial charge in [-0.2, -0.15) is 13.9 Å². The zero-order valence-electron chi connectivity index (χ0n) is 17.8. The van der Waals surface area contributed by atoms with Crippen LogP contribution in [0.5, 0.6) is 0 Å². The lowest BCUT2D eigenvalue weighted by Gasteiger charge is -2.12. The Hall–Kier alpha value is -3.54. The third-order valence-electron chi connectivity index (χ3n) is 5.78. The summed E-state index contributed by atoms with van der Waals surface area (Å²) in [4.78, 5) is 3.78. The first kappa shape index (κ1) is 19.4. The summed E-state index contributed by atoms with van der Waals surface area (Å²) >= 11 is 0. The van der Waals surface area contributed by atoms with Gasteiger partial charge in [0.2, 0.25) is 11.7 Å². The van der Waals surface area contributed by atoms with E-state index < -0.39 is 11.8 Å². The molecule has 0 unspecified atom stereocenters. The van der Waals surface area contributed by atoms with E-state index in [1.807, 2.05) is 49.1 Å². The molecule has 0 aliphatic rings. The summed E-state index contributed by atoms with van der Waals surface area (Å²) in [6, 6.07) is 12.8. The minimum Gasteiger partial charge on any atom is -0.437 e. The average molecular weight is 418 g/mol. The Morgan fingerprint density at radius 1 is 1.10 bits per heavy atom. The standard InChI is InChI=1S/C25H22F2N3O/c1-14(2)16-7-5-6-8-19(16)30-12-11-29(4)25(30)21-15(3)9-10-17-22-18(26)13-20(27)28-24(22)31-23(17)21/h5-14H,1-4H3/q+1. The molecule has 31 heavy (non-hydrogen) atoms. The number of aromatic nitrogens is 3. The van der Waals surface area contributed by atoms with Crippen LogP contribution in [-0.2, 0) is 7.05 Å². The third-order valence-corrected chi connectivity index (χ3v) is 5.78. The molecule has 0 radical (unpaired) electrons. The lowest BCUT2D eigenvalue weighted by molar-refractivity contribution is -0.659. The largest absolute Gasteiger partial charge is 0.437 e. The Morgan fingerprint density at radius 2 is 1.87 bits per heavy atom. The van der Waals surface area contributed by atoms with Crippen molar-refractivity contribution in [2.24, 2.45) is 7.05 Å². The fourth-order valence-corrected chi connectivity index (χ4v) is 4.30. The van der Waals surface area contributed by atoms with Crippen LogP contribution in [0.3, 0.4) is 0 Å². The molecule has 0 fully saturated rings. The Morgan fingerprint density at radius 3 is 2.65 bits per heavy atom. The number of rotatable bonds is 3. The van der Waals surface area contributed by atoms with Crippen molar-refractivity contribution in [3.63, 3.8) is 0 Å². The topological polar surface area (TPSA) is 34.8 Å². The van der Waals surface area contributed by atoms with Crippen LogP contribution in [0.4, 0.5) is 8.78 Å². The molecule has 3 heterocycles. The van der Waals surface area contributed by atoms with E-state index in [4.69, 9.17) is 4.42 Å². The van der Waals surface area contributed by atoms with E-state index in [9.17, 15) is 8.78 Å². The summed E-state index contributed by atoms with van der Waals surface area (Å²) in [5.74, 6) is -0.361. The number of halogens is 2. The van der Waals surface area contributed by atoms with E-state index in [0.717, 1.165) is 28.7 Å². The van der Waals surface area contributed by atoms with Gasteiger partial charge < -0.3 is 4.42 Å². The van der Waals surface area contributed by atoms with Crippen molar-refractivity contribution >= 4 is 22.1 Å². The Kier molecular flexibility index (Phi) is 4.39. The number of para-hydroxylation sites is 1. The normalized spacial score (nSPS) is 11.8. The van der Waals surface area contributed by atoms with Crippen LogP contribution in [0.25, 0.3) is 39.1 Å². The van der Waals surface area contributed by atoms with Crippen molar-refractivity contribution in [1.82, 2.24) is 9.55 Å². The molecule has 2 aromatic carbocycles. The molecule has 5 rings (SSSR count). The first-order chi connectivity index (χ1) is 14.9. The van der Waals surface area contributed by atoms with E-state index in [0.29, 0.717) is 16.9 Å². The number of furan rings is 1. The van der Waals surface area contributed by atoms with Gasteiger partial charge in [0.25, 0.3) is 5.82 Å². The van der Waals surface area contributed by atoms with Gasteiger partial charge in [-0.15, -0.1) is 0 Å². The minimum atomic E-state index is -0.901. The first-order valence-electron chi connectivity index (χ1n) is 10.2. The average Bonchev–Trinajstić information content (AvgIpc) is 3.28. The van der Waals surface area contributed by atoms with Crippen molar-refractivity contribution in [1.29, 1.82) is 0 Å². The van der Waals surface area contributed by atoms with E-state index in [1.54, 1.807) is 6.07 Å². The predicted molar refractivity (Wildman–Crippen MR) is 116 cm³/mol. The monoisotopic (exact) mass is 418 g/mol. The van der Waals surface area contributed by atoms with Gasteiger partial charge in [0, 0.05) is 17.0 Å². The van der Waals surface area contributed by atoms with Gasteiger partial charge >= 0.3 is 0 Å². The summed E-state index contributed by atoms with van der Waals surface area (Å²) in [5, 5.41) is 0.770. The molecule has 156 valence electrons. The van der Waals surface area contributed by atoms with Gasteiger partial charge in [0.1, 0.15) is 29.5 Å². The van der Waals surface area contributed by atoms with Gasteiger partial charge in [0.15, 0.2) is 5.58 Å². The van der Waals surface area contributed by atoms with Gasteiger partial charge in [0.05, 0.1) is 12.4 Å². The first-order valence-corrected chi connectivity index (χ1v) is 10.2. The van der Waals surface area contributed by atoms with E-state index in [-0.39, 0.29) is 11.1 Å². The maximum absolute atomic E-state index is 14.6. The second-order valence-electron chi connectivity index (χ2n) is 8.16. The maximum atomic E-state index is 14.6. The summed E-state index contributed by atoms with van der Waals surface area (Å²) in [6.45, 7) is 6.31. The molecular weight excluding hydrogens is 396 g/mol. The molecule has 0 bridgehead atoms. The van der Waals surface area contributed by atoms with Crippen LogP contribution in [0.15, 0.2) is 59.3 Å². The maximum Gasteiger partial charge on any atom is 0.297 e. The van der Waals surface area contributed by atoms with Crippen LogP contribution >= 0.6 is 0 Å². The number of aryl methyl sites for hydroxylation is 2. The van der Waals surface area contributed by atoms with Crippen LogP contribution < -0.4 is 4.57 Å². The molecular formula is C25H22F2N3O+. The number of pyridine rings is 1. The zero-order chi connectivity index (χ0) is 21.9. The van der Waals surface area contributed by atoms with Gasteiger partial charge in [-0.3, -0.25) is 0 Å². The number of hydrogen-bond donors (Lipinski definition) is 0. The highest BCUT2D eigenvalue weighted by molar-refractivity contribution is 6.08. The molecule has 0 N–H and O–H groups in total. The van der Waals surface area contributed by atoms with E-state index in [1.165, 1.54) is 5.56 Å². The highest BCUT2D eigenvalue weighted by Gasteiger charge is 2.28. The van der Waals surface area contributed by atoms with Crippen LogP contribution in [-0.4, -0.2) is 9.55 Å². The summed E-state index contributed by atoms with van der Waals surface area (Å²) in [5.41, 5.74) is 4.51. The van der Waals surface area contributed by atoms with Crippen LogP contribution in [0.2, 0.25) is 0 Å². The minimum absolute atomic E-state index is 0.0392. The summed E-state index contributed by atoms with van der Waals surface area (Å²) in [7, 11) is 1.96. The molecule has 0 saturated carbocycles. The number of imidazole rings is 1. The fourth-order valence-electron chi connectivity index (χ4n) is 4.30. The molecule has 0 aliphatic carbocycles. The Balaban J connectivity index is 1.88. The van der Waals surface area contributed by atoms with Crippen molar-refractivity contribution in [2.45, 2.75) is 26.7 Å². The molecule has 0 amide bonds. The third kappa shape index (κ3) is 2.93. The number of benzene rings is 2. The van der Waals surface area contributed by atoms with Crippen LogP contribution in [0.1, 0.15) is 30.9 Å². The zero-order valence-corrected chi connectivity index (χ0v) is 17.8. The quantitative estimate of drug-likeness (QED) is 0.267. The summed E-state index contributed by atoms with van der Waals surface area (Å²) in [6.07, 6.45) is 3.99. The van der Waals surface area contributed by atoms with Crippen molar-refractivity contribution in [3.8, 4) is 17.1 Å². The number of nitrogens with zero attached hydrogens (tertiary/aromatic N) is 3. The van der Waals surface area contributed by atoms with E-state index >= 15 is 0 Å². The fraction of sp³-hybridized carbons (Fsp3) is 0.200. The lowest BCUT2D eigenvalue weighted by atomic mass is 10.00. The molecule has 5 aromatic rings. The molecule has 0 atom stereocenters. The molecule has 0 aliphatic heterocycles. The van der Waals surface area contributed by atoms with Gasteiger partial charge in [-0.1, -0.05) is 38.1 Å². The van der Waals surface area contributed by atoms with Crippen molar-refractivity contribution in [2.75, 3.05) is 0 Å². The number of hydrogen-bond acceptors (Lipinski definition) is 2. The molecule has 0 spiro atoms. The van der Waals surface area contributed by atoms with Crippen LogP contribution in [0, 0.1) is 18.7 Å².